The molecule has 3 rings (SSSR count). The van der Waals surface area contributed by atoms with Gasteiger partial charge in [0.15, 0.2) is 0 Å². The third-order valence-electron chi connectivity index (χ3n) is 3.30. The maximum atomic E-state index is 11.1. The first-order valence-electron chi connectivity index (χ1n) is 7.41. The first kappa shape index (κ1) is 16.0. The second-order valence-electron chi connectivity index (χ2n) is 5.09. The summed E-state index contributed by atoms with van der Waals surface area (Å²) < 4.78 is 0. The standard InChI is InChI=1S/C18H15N3O2S/c22-16(23)11-15-17(14-9-5-2-6-10-14)20-18(24-15)21-19-12-13-7-3-1-4-8-13/h1-10H,11-12H2,(H,22,23). The highest BCUT2D eigenvalue weighted by atomic mass is 32.1. The molecule has 0 saturated carbocycles. The Hall–Kier alpha value is -2.86. The van der Waals surface area contributed by atoms with Crippen LogP contribution < -0.4 is 0 Å². The molecule has 24 heavy (non-hydrogen) atoms. The molecular weight excluding hydrogens is 322 g/mol. The predicted octanol–water partition coefficient (Wildman–Crippen LogP) is 4.72. The van der Waals surface area contributed by atoms with Gasteiger partial charge in [0, 0.05) is 10.4 Å². The molecule has 0 fully saturated rings. The molecule has 0 amide bonds. The number of aromatic nitrogens is 1. The molecule has 3 aromatic rings. The van der Waals surface area contributed by atoms with Gasteiger partial charge < -0.3 is 5.11 Å². The number of carboxylic acids is 1. The van der Waals surface area contributed by atoms with Gasteiger partial charge in [-0.05, 0) is 5.56 Å². The summed E-state index contributed by atoms with van der Waals surface area (Å²) in [6.45, 7) is 0.468. The summed E-state index contributed by atoms with van der Waals surface area (Å²) in [5, 5.41) is 17.9. The quantitative estimate of drug-likeness (QED) is 0.661. The lowest BCUT2D eigenvalue weighted by atomic mass is 10.1. The topological polar surface area (TPSA) is 74.9 Å². The molecule has 1 heterocycles. The molecule has 0 spiro atoms. The van der Waals surface area contributed by atoms with E-state index in [0.29, 0.717) is 22.2 Å². The fourth-order valence-electron chi connectivity index (χ4n) is 2.22. The van der Waals surface area contributed by atoms with Crippen LogP contribution in [0.5, 0.6) is 0 Å². The Morgan fingerprint density at radius 2 is 1.71 bits per heavy atom. The summed E-state index contributed by atoms with van der Waals surface area (Å²) in [5.74, 6) is -0.886. The second-order valence-corrected chi connectivity index (χ2v) is 6.15. The molecule has 0 atom stereocenters. The van der Waals surface area contributed by atoms with Crippen molar-refractivity contribution >= 4 is 22.4 Å². The number of carbonyl (C=O) groups is 1. The summed E-state index contributed by atoms with van der Waals surface area (Å²) in [6, 6.07) is 19.3. The van der Waals surface area contributed by atoms with Crippen LogP contribution in [0, 0.1) is 0 Å². The summed E-state index contributed by atoms with van der Waals surface area (Å²) in [6.07, 6.45) is -0.0733. The van der Waals surface area contributed by atoms with E-state index in [4.69, 9.17) is 5.11 Å². The zero-order valence-corrected chi connectivity index (χ0v) is 13.6. The van der Waals surface area contributed by atoms with Crippen molar-refractivity contribution in [3.63, 3.8) is 0 Å². The van der Waals surface area contributed by atoms with Crippen LogP contribution in [0.15, 0.2) is 70.9 Å². The summed E-state index contributed by atoms with van der Waals surface area (Å²) >= 11 is 1.27. The highest BCUT2D eigenvalue weighted by molar-refractivity contribution is 7.15. The minimum atomic E-state index is -0.886. The van der Waals surface area contributed by atoms with Gasteiger partial charge in [0.05, 0.1) is 18.7 Å². The lowest BCUT2D eigenvalue weighted by molar-refractivity contribution is -0.136. The number of carboxylic acid groups (broad SMARTS) is 1. The Morgan fingerprint density at radius 1 is 1.04 bits per heavy atom. The molecule has 2 aromatic carbocycles. The lowest BCUT2D eigenvalue weighted by Gasteiger charge is -1.99. The average molecular weight is 337 g/mol. The van der Waals surface area contributed by atoms with Gasteiger partial charge in [-0.3, -0.25) is 4.79 Å². The Kier molecular flexibility index (Phi) is 5.08. The summed E-state index contributed by atoms with van der Waals surface area (Å²) in [7, 11) is 0. The second kappa shape index (κ2) is 7.61. The van der Waals surface area contributed by atoms with Gasteiger partial charge >= 0.3 is 5.97 Å². The molecule has 5 nitrogen and oxygen atoms in total. The number of rotatable bonds is 6. The lowest BCUT2D eigenvalue weighted by Crippen LogP contribution is -1.99. The minimum absolute atomic E-state index is 0.0733. The van der Waals surface area contributed by atoms with E-state index in [-0.39, 0.29) is 6.42 Å². The van der Waals surface area contributed by atoms with Crippen LogP contribution in [0.3, 0.4) is 0 Å². The number of thiazole rings is 1. The van der Waals surface area contributed by atoms with Crippen molar-refractivity contribution < 1.29 is 9.90 Å². The first-order chi connectivity index (χ1) is 11.7. The number of hydrogen-bond acceptors (Lipinski definition) is 5. The summed E-state index contributed by atoms with van der Waals surface area (Å²) in [4.78, 5) is 16.2. The molecule has 0 saturated heterocycles. The van der Waals surface area contributed by atoms with Crippen LogP contribution in [0.2, 0.25) is 0 Å². The highest BCUT2D eigenvalue weighted by Crippen LogP contribution is 2.33. The van der Waals surface area contributed by atoms with E-state index >= 15 is 0 Å². The van der Waals surface area contributed by atoms with Gasteiger partial charge in [-0.1, -0.05) is 72.0 Å². The monoisotopic (exact) mass is 337 g/mol. The summed E-state index contributed by atoms with van der Waals surface area (Å²) in [5.41, 5.74) is 2.61. The van der Waals surface area contributed by atoms with Crippen molar-refractivity contribution in [1.82, 2.24) is 4.98 Å². The van der Waals surface area contributed by atoms with E-state index in [0.717, 1.165) is 11.1 Å². The molecule has 0 aliphatic carbocycles. The van der Waals surface area contributed by atoms with Crippen molar-refractivity contribution in [1.29, 1.82) is 0 Å². The number of nitrogens with zero attached hydrogens (tertiary/aromatic N) is 3. The molecule has 0 radical (unpaired) electrons. The van der Waals surface area contributed by atoms with Crippen LogP contribution in [0.25, 0.3) is 11.3 Å². The highest BCUT2D eigenvalue weighted by Gasteiger charge is 2.15. The molecule has 120 valence electrons. The van der Waals surface area contributed by atoms with Gasteiger partial charge in [0.1, 0.15) is 0 Å². The van der Waals surface area contributed by atoms with Crippen LogP contribution in [0.1, 0.15) is 10.4 Å². The van der Waals surface area contributed by atoms with Crippen LogP contribution >= 0.6 is 11.3 Å². The van der Waals surface area contributed by atoms with Gasteiger partial charge in [-0.15, -0.1) is 5.11 Å². The van der Waals surface area contributed by atoms with E-state index in [9.17, 15) is 4.79 Å². The number of hydrogen-bond donors (Lipinski definition) is 1. The van der Waals surface area contributed by atoms with E-state index in [1.165, 1.54) is 11.3 Å². The van der Waals surface area contributed by atoms with Crippen LogP contribution in [0.4, 0.5) is 5.13 Å². The largest absolute Gasteiger partial charge is 0.481 e. The SMILES string of the molecule is O=C(O)Cc1sc(N=NCc2ccccc2)nc1-c1ccccc1. The van der Waals surface area contributed by atoms with Gasteiger partial charge in [-0.2, -0.15) is 5.11 Å². The molecule has 0 bridgehead atoms. The smallest absolute Gasteiger partial charge is 0.308 e. The maximum absolute atomic E-state index is 11.1. The van der Waals surface area contributed by atoms with E-state index in [1.54, 1.807) is 0 Å². The average Bonchev–Trinajstić information content (AvgIpc) is 2.98. The third kappa shape index (κ3) is 4.11. The van der Waals surface area contributed by atoms with Gasteiger partial charge in [0.25, 0.3) is 0 Å². The minimum Gasteiger partial charge on any atom is -0.481 e. The number of benzene rings is 2. The third-order valence-corrected chi connectivity index (χ3v) is 4.24. The van der Waals surface area contributed by atoms with Crippen LogP contribution in [-0.4, -0.2) is 16.1 Å². The Labute approximate surface area is 143 Å². The zero-order valence-electron chi connectivity index (χ0n) is 12.8. The fourth-order valence-corrected chi connectivity index (χ4v) is 3.13. The van der Waals surface area contributed by atoms with E-state index < -0.39 is 5.97 Å². The molecule has 0 unspecified atom stereocenters. The molecule has 1 N–H and O–H groups in total. The predicted molar refractivity (Wildman–Crippen MR) is 93.6 cm³/mol. The van der Waals surface area contributed by atoms with Crippen LogP contribution in [-0.2, 0) is 17.8 Å². The molecule has 0 aliphatic rings. The Balaban J connectivity index is 1.84. The van der Waals surface area contributed by atoms with E-state index in [1.807, 2.05) is 60.7 Å². The van der Waals surface area contributed by atoms with Crippen molar-refractivity contribution in [2.45, 2.75) is 13.0 Å². The normalized spacial score (nSPS) is 11.0. The van der Waals surface area contributed by atoms with Gasteiger partial charge in [-0.25, -0.2) is 4.98 Å². The van der Waals surface area contributed by atoms with Gasteiger partial charge in [0.2, 0.25) is 5.13 Å². The Morgan fingerprint density at radius 3 is 2.38 bits per heavy atom. The number of azo groups is 1. The Bertz CT molecular complexity index is 845. The van der Waals surface area contributed by atoms with E-state index in [2.05, 4.69) is 15.2 Å². The zero-order chi connectivity index (χ0) is 16.8. The number of aliphatic carboxylic acids is 1. The van der Waals surface area contributed by atoms with Crippen molar-refractivity contribution in [2.75, 3.05) is 0 Å². The van der Waals surface area contributed by atoms with Crippen molar-refractivity contribution in [2.24, 2.45) is 10.2 Å². The molecule has 1 aromatic heterocycles. The fraction of sp³-hybridized carbons (Fsp3) is 0.111. The van der Waals surface area contributed by atoms with Crippen molar-refractivity contribution in [3.05, 3.63) is 71.1 Å². The maximum Gasteiger partial charge on any atom is 0.308 e. The first-order valence-corrected chi connectivity index (χ1v) is 8.22. The molecule has 0 aliphatic heterocycles. The molecule has 6 heteroatoms. The van der Waals surface area contributed by atoms with Crippen molar-refractivity contribution in [3.8, 4) is 11.3 Å². The molecular formula is C18H15N3O2S.